The Morgan fingerprint density at radius 2 is 2.23 bits per heavy atom. The van der Waals surface area contributed by atoms with Crippen LogP contribution in [0.5, 0.6) is 0 Å². The van der Waals surface area contributed by atoms with Gasteiger partial charge in [0.15, 0.2) is 5.96 Å². The Labute approximate surface area is 151 Å². The van der Waals surface area contributed by atoms with Crippen molar-refractivity contribution in [1.29, 1.82) is 0 Å². The lowest BCUT2D eigenvalue weighted by Gasteiger charge is -2.24. The number of aliphatic imine (C=N–C) groups is 1. The first-order chi connectivity index (χ1) is 10.2. The van der Waals surface area contributed by atoms with Gasteiger partial charge in [-0.1, -0.05) is 13.3 Å². The van der Waals surface area contributed by atoms with E-state index in [0.29, 0.717) is 6.04 Å². The molecule has 22 heavy (non-hydrogen) atoms. The lowest BCUT2D eigenvalue weighted by atomic mass is 9.84. The molecule has 0 aromatic rings. The standard InChI is InChI=1S/C16H31N3O2.HI/c1-3-5-13-10-14(13)19-15(17-4-2)18-11-16(6-8-20)7-9-21-12-16;/h13-14,20H,3-12H2,1-2H3,(H2,17,18,19);1H. The Balaban J connectivity index is 0.00000242. The molecule has 2 fully saturated rings. The van der Waals surface area contributed by atoms with Crippen molar-refractivity contribution in [2.75, 3.05) is 32.9 Å². The molecule has 0 bridgehead atoms. The molecule has 1 saturated heterocycles. The molecule has 3 atom stereocenters. The molecule has 1 aliphatic carbocycles. The van der Waals surface area contributed by atoms with Crippen LogP contribution in [0.4, 0.5) is 0 Å². The van der Waals surface area contributed by atoms with Gasteiger partial charge in [0, 0.05) is 31.2 Å². The molecule has 1 heterocycles. The number of aliphatic hydroxyl groups is 1. The fourth-order valence-corrected chi connectivity index (χ4v) is 3.14. The predicted octanol–water partition coefficient (Wildman–Crippen LogP) is 2.14. The van der Waals surface area contributed by atoms with Crippen LogP contribution in [0.2, 0.25) is 0 Å². The maximum absolute atomic E-state index is 9.27. The van der Waals surface area contributed by atoms with Crippen molar-refractivity contribution < 1.29 is 9.84 Å². The minimum Gasteiger partial charge on any atom is -0.396 e. The van der Waals surface area contributed by atoms with E-state index in [0.717, 1.165) is 51.0 Å². The zero-order valence-electron chi connectivity index (χ0n) is 13.9. The Kier molecular flexibility index (Phi) is 9.01. The molecule has 1 aliphatic heterocycles. The monoisotopic (exact) mass is 425 g/mol. The zero-order chi connectivity index (χ0) is 15.1. The first-order valence-electron chi connectivity index (χ1n) is 8.46. The SMILES string of the molecule is CCCC1CC1NC(=NCC1(CCO)CCOC1)NCC.I. The van der Waals surface area contributed by atoms with E-state index < -0.39 is 0 Å². The number of hydrogen-bond donors (Lipinski definition) is 3. The van der Waals surface area contributed by atoms with Crippen LogP contribution in [0.15, 0.2) is 4.99 Å². The molecule has 6 heteroatoms. The second-order valence-corrected chi connectivity index (χ2v) is 6.51. The van der Waals surface area contributed by atoms with E-state index in [-0.39, 0.29) is 36.0 Å². The van der Waals surface area contributed by atoms with Gasteiger partial charge in [0.25, 0.3) is 0 Å². The van der Waals surface area contributed by atoms with Crippen LogP contribution in [0.1, 0.15) is 46.0 Å². The molecular formula is C16H32IN3O2. The number of nitrogens with one attached hydrogen (secondary N) is 2. The van der Waals surface area contributed by atoms with Gasteiger partial charge in [-0.05, 0) is 38.5 Å². The summed E-state index contributed by atoms with van der Waals surface area (Å²) >= 11 is 0. The highest BCUT2D eigenvalue weighted by atomic mass is 127. The third kappa shape index (κ3) is 5.85. The van der Waals surface area contributed by atoms with Gasteiger partial charge in [0.1, 0.15) is 0 Å². The zero-order valence-corrected chi connectivity index (χ0v) is 16.3. The summed E-state index contributed by atoms with van der Waals surface area (Å²) in [5, 5.41) is 16.2. The second kappa shape index (κ2) is 9.93. The van der Waals surface area contributed by atoms with Crippen LogP contribution in [-0.2, 0) is 4.74 Å². The Morgan fingerprint density at radius 1 is 1.41 bits per heavy atom. The molecule has 3 N–H and O–H groups in total. The van der Waals surface area contributed by atoms with Crippen molar-refractivity contribution in [2.24, 2.45) is 16.3 Å². The van der Waals surface area contributed by atoms with Gasteiger partial charge >= 0.3 is 0 Å². The number of aliphatic hydroxyl groups excluding tert-OH is 1. The lowest BCUT2D eigenvalue weighted by Crippen LogP contribution is -2.40. The maximum atomic E-state index is 9.27. The van der Waals surface area contributed by atoms with Gasteiger partial charge in [-0.15, -0.1) is 24.0 Å². The van der Waals surface area contributed by atoms with Crippen molar-refractivity contribution in [1.82, 2.24) is 10.6 Å². The number of nitrogens with zero attached hydrogens (tertiary/aromatic N) is 1. The smallest absolute Gasteiger partial charge is 0.191 e. The van der Waals surface area contributed by atoms with Crippen LogP contribution in [0.3, 0.4) is 0 Å². The highest BCUT2D eigenvalue weighted by Crippen LogP contribution is 2.35. The summed E-state index contributed by atoms with van der Waals surface area (Å²) in [6.07, 6.45) is 5.60. The van der Waals surface area contributed by atoms with Crippen LogP contribution in [0.25, 0.3) is 0 Å². The van der Waals surface area contributed by atoms with E-state index in [2.05, 4.69) is 24.5 Å². The number of guanidine groups is 1. The fraction of sp³-hybridized carbons (Fsp3) is 0.938. The number of hydrogen-bond acceptors (Lipinski definition) is 3. The third-order valence-electron chi connectivity index (χ3n) is 4.65. The quantitative estimate of drug-likeness (QED) is 0.317. The van der Waals surface area contributed by atoms with Crippen molar-refractivity contribution in [3.63, 3.8) is 0 Å². The predicted molar refractivity (Wildman–Crippen MR) is 101 cm³/mol. The number of rotatable bonds is 8. The van der Waals surface area contributed by atoms with E-state index in [1.54, 1.807) is 0 Å². The molecule has 0 aromatic heterocycles. The first kappa shape index (κ1) is 20.0. The molecule has 0 amide bonds. The topological polar surface area (TPSA) is 65.9 Å². The highest BCUT2D eigenvalue weighted by Gasteiger charge is 2.37. The van der Waals surface area contributed by atoms with Crippen LogP contribution in [0, 0.1) is 11.3 Å². The fourth-order valence-electron chi connectivity index (χ4n) is 3.14. The van der Waals surface area contributed by atoms with E-state index in [1.165, 1.54) is 19.3 Å². The van der Waals surface area contributed by atoms with Crippen molar-refractivity contribution in [3.8, 4) is 0 Å². The minimum atomic E-state index is 0. The summed E-state index contributed by atoms with van der Waals surface area (Å²) in [5.41, 5.74) is 0.0312. The first-order valence-corrected chi connectivity index (χ1v) is 8.46. The average molecular weight is 425 g/mol. The molecule has 2 rings (SSSR count). The molecule has 0 aromatic carbocycles. The molecule has 3 unspecified atom stereocenters. The van der Waals surface area contributed by atoms with Gasteiger partial charge in [0.05, 0.1) is 13.2 Å². The molecule has 1 saturated carbocycles. The van der Waals surface area contributed by atoms with Crippen molar-refractivity contribution in [2.45, 2.75) is 52.0 Å². The van der Waals surface area contributed by atoms with Crippen molar-refractivity contribution in [3.05, 3.63) is 0 Å². The summed E-state index contributed by atoms with van der Waals surface area (Å²) in [4.78, 5) is 4.76. The van der Waals surface area contributed by atoms with E-state index >= 15 is 0 Å². The molecule has 5 nitrogen and oxygen atoms in total. The second-order valence-electron chi connectivity index (χ2n) is 6.51. The van der Waals surface area contributed by atoms with E-state index in [4.69, 9.17) is 9.73 Å². The highest BCUT2D eigenvalue weighted by molar-refractivity contribution is 14.0. The minimum absolute atomic E-state index is 0. The molecule has 0 spiro atoms. The Bertz CT molecular complexity index is 346. The summed E-state index contributed by atoms with van der Waals surface area (Å²) < 4.78 is 5.53. The van der Waals surface area contributed by atoms with Gasteiger partial charge in [-0.2, -0.15) is 0 Å². The van der Waals surface area contributed by atoms with Gasteiger partial charge < -0.3 is 20.5 Å². The lowest BCUT2D eigenvalue weighted by molar-refractivity contribution is 0.131. The normalized spacial score (nSPS) is 30.8. The number of ether oxygens (including phenoxy) is 1. The average Bonchev–Trinajstić information content (AvgIpc) is 3.02. The molecule has 0 radical (unpaired) electrons. The van der Waals surface area contributed by atoms with Crippen molar-refractivity contribution >= 4 is 29.9 Å². The molecule has 2 aliphatic rings. The molecular weight excluding hydrogens is 393 g/mol. The van der Waals surface area contributed by atoms with Gasteiger partial charge in [-0.25, -0.2) is 0 Å². The molecule has 130 valence electrons. The maximum Gasteiger partial charge on any atom is 0.191 e. The largest absolute Gasteiger partial charge is 0.396 e. The van der Waals surface area contributed by atoms with Crippen LogP contribution < -0.4 is 10.6 Å². The van der Waals surface area contributed by atoms with E-state index in [1.807, 2.05) is 0 Å². The summed E-state index contributed by atoms with van der Waals surface area (Å²) in [6.45, 7) is 7.67. The summed E-state index contributed by atoms with van der Waals surface area (Å²) in [6, 6.07) is 0.594. The third-order valence-corrected chi connectivity index (χ3v) is 4.65. The van der Waals surface area contributed by atoms with E-state index in [9.17, 15) is 5.11 Å². The van der Waals surface area contributed by atoms with Gasteiger partial charge in [0.2, 0.25) is 0 Å². The van der Waals surface area contributed by atoms with Crippen LogP contribution in [-0.4, -0.2) is 50.0 Å². The summed E-state index contributed by atoms with van der Waals surface area (Å²) in [5.74, 6) is 1.74. The Hall–Kier alpha value is -0.0800. The summed E-state index contributed by atoms with van der Waals surface area (Å²) in [7, 11) is 0. The van der Waals surface area contributed by atoms with Crippen LogP contribution >= 0.6 is 24.0 Å². The van der Waals surface area contributed by atoms with Gasteiger partial charge in [-0.3, -0.25) is 4.99 Å². The Morgan fingerprint density at radius 3 is 2.82 bits per heavy atom. The number of halogens is 1.